The second-order valence-electron chi connectivity index (χ2n) is 4.30. The molecule has 5 heteroatoms. The van der Waals surface area contributed by atoms with E-state index in [2.05, 4.69) is 0 Å². The van der Waals surface area contributed by atoms with E-state index in [4.69, 9.17) is 9.52 Å². The van der Waals surface area contributed by atoms with Gasteiger partial charge in [0.25, 0.3) is 0 Å². The summed E-state index contributed by atoms with van der Waals surface area (Å²) in [5.74, 6) is -0.479. The van der Waals surface area contributed by atoms with Crippen LogP contribution in [0.2, 0.25) is 0 Å². The molecule has 1 unspecified atom stereocenters. The zero-order chi connectivity index (χ0) is 14.0. The second-order valence-corrected chi connectivity index (χ2v) is 5.75. The zero-order valence-corrected chi connectivity index (χ0v) is 11.5. The molecule has 0 spiro atoms. The lowest BCUT2D eigenvalue weighted by Crippen LogP contribution is -1.97. The Hall–Kier alpha value is -1.88. The fourth-order valence-corrected chi connectivity index (χ4v) is 2.86. The Morgan fingerprint density at radius 3 is 2.42 bits per heavy atom. The molecule has 0 bridgehead atoms. The normalized spacial score (nSPS) is 12.3. The highest BCUT2D eigenvalue weighted by Crippen LogP contribution is 2.19. The summed E-state index contributed by atoms with van der Waals surface area (Å²) in [5, 5.41) is 8.83. The number of benzene rings is 1. The van der Waals surface area contributed by atoms with Crippen LogP contribution in [0, 0.1) is 13.8 Å². The van der Waals surface area contributed by atoms with Gasteiger partial charge in [0.1, 0.15) is 5.76 Å². The van der Waals surface area contributed by atoms with Gasteiger partial charge in [-0.05, 0) is 32.0 Å². The van der Waals surface area contributed by atoms with Crippen LogP contribution in [-0.4, -0.2) is 15.3 Å². The number of rotatable bonds is 4. The molecule has 1 atom stereocenters. The maximum Gasteiger partial charge on any atom is 0.371 e. The Morgan fingerprint density at radius 2 is 1.89 bits per heavy atom. The van der Waals surface area contributed by atoms with Crippen LogP contribution in [0.4, 0.5) is 0 Å². The van der Waals surface area contributed by atoms with E-state index in [0.29, 0.717) is 11.3 Å². The summed E-state index contributed by atoms with van der Waals surface area (Å²) in [5.41, 5.74) is 1.77. The number of hydrogen-bond donors (Lipinski definition) is 1. The summed E-state index contributed by atoms with van der Waals surface area (Å²) in [4.78, 5) is 11.5. The zero-order valence-electron chi connectivity index (χ0n) is 10.7. The summed E-state index contributed by atoms with van der Waals surface area (Å²) < 4.78 is 17.3. The minimum absolute atomic E-state index is 0.117. The first-order valence-corrected chi connectivity index (χ1v) is 7.07. The summed E-state index contributed by atoms with van der Waals surface area (Å²) in [6, 6.07) is 8.87. The molecule has 0 aliphatic rings. The Bertz CT molecular complexity index is 625. The number of aryl methyl sites for hydroxylation is 2. The molecule has 2 aromatic rings. The first-order valence-electron chi connectivity index (χ1n) is 5.75. The number of furan rings is 1. The molecule has 0 aliphatic heterocycles. The van der Waals surface area contributed by atoms with Crippen molar-refractivity contribution >= 4 is 16.8 Å². The van der Waals surface area contributed by atoms with Crippen LogP contribution < -0.4 is 0 Å². The van der Waals surface area contributed by atoms with Crippen molar-refractivity contribution in [3.05, 3.63) is 53.0 Å². The number of aromatic carboxylic acids is 1. The summed E-state index contributed by atoms with van der Waals surface area (Å²) in [7, 11) is -1.21. The first-order chi connectivity index (χ1) is 8.97. The maximum atomic E-state index is 12.2. The summed E-state index contributed by atoms with van der Waals surface area (Å²) >= 11 is 0. The van der Waals surface area contributed by atoms with Gasteiger partial charge in [0.2, 0.25) is 5.76 Å². The SMILES string of the molecule is Cc1ccc(S(=O)Cc2cc(C(=O)O)oc2C)cc1. The van der Waals surface area contributed by atoms with Crippen LogP contribution in [0.15, 0.2) is 39.6 Å². The van der Waals surface area contributed by atoms with E-state index in [-0.39, 0.29) is 11.5 Å². The van der Waals surface area contributed by atoms with E-state index in [0.717, 1.165) is 10.5 Å². The Kier molecular flexibility index (Phi) is 3.85. The van der Waals surface area contributed by atoms with Crippen molar-refractivity contribution < 1.29 is 18.5 Å². The monoisotopic (exact) mass is 278 g/mol. The van der Waals surface area contributed by atoms with E-state index >= 15 is 0 Å². The Balaban J connectivity index is 2.19. The van der Waals surface area contributed by atoms with E-state index in [1.807, 2.05) is 31.2 Å². The van der Waals surface area contributed by atoms with Gasteiger partial charge in [0.15, 0.2) is 0 Å². The maximum absolute atomic E-state index is 12.2. The Labute approximate surface area is 113 Å². The molecule has 0 radical (unpaired) electrons. The van der Waals surface area contributed by atoms with Gasteiger partial charge in [-0.15, -0.1) is 0 Å². The Morgan fingerprint density at radius 1 is 1.26 bits per heavy atom. The first kappa shape index (κ1) is 13.5. The smallest absolute Gasteiger partial charge is 0.371 e. The molecule has 2 rings (SSSR count). The molecule has 0 aliphatic carbocycles. The van der Waals surface area contributed by atoms with Crippen molar-refractivity contribution in [3.63, 3.8) is 0 Å². The number of carboxylic acids is 1. The van der Waals surface area contributed by atoms with Crippen LogP contribution in [-0.2, 0) is 16.6 Å². The van der Waals surface area contributed by atoms with Crippen LogP contribution >= 0.6 is 0 Å². The average molecular weight is 278 g/mol. The van der Waals surface area contributed by atoms with Crippen molar-refractivity contribution in [2.24, 2.45) is 0 Å². The lowest BCUT2D eigenvalue weighted by molar-refractivity contribution is 0.0661. The molecule has 4 nitrogen and oxygen atoms in total. The minimum Gasteiger partial charge on any atom is -0.475 e. The minimum atomic E-state index is -1.21. The van der Waals surface area contributed by atoms with Crippen LogP contribution in [0.5, 0.6) is 0 Å². The molecule has 1 aromatic heterocycles. The van der Waals surface area contributed by atoms with E-state index in [1.165, 1.54) is 6.07 Å². The molecular formula is C14H14O4S. The fourth-order valence-electron chi connectivity index (χ4n) is 1.68. The van der Waals surface area contributed by atoms with Gasteiger partial charge in [-0.3, -0.25) is 4.21 Å². The highest BCUT2D eigenvalue weighted by molar-refractivity contribution is 7.84. The third-order valence-electron chi connectivity index (χ3n) is 2.80. The van der Waals surface area contributed by atoms with Gasteiger partial charge in [-0.25, -0.2) is 4.79 Å². The van der Waals surface area contributed by atoms with Gasteiger partial charge < -0.3 is 9.52 Å². The third kappa shape index (κ3) is 3.12. The van der Waals surface area contributed by atoms with Gasteiger partial charge >= 0.3 is 5.97 Å². The van der Waals surface area contributed by atoms with Gasteiger partial charge in [-0.1, -0.05) is 17.7 Å². The van der Waals surface area contributed by atoms with Gasteiger partial charge in [0.05, 0.1) is 16.6 Å². The largest absolute Gasteiger partial charge is 0.475 e. The quantitative estimate of drug-likeness (QED) is 0.933. The highest BCUT2D eigenvalue weighted by atomic mass is 32.2. The van der Waals surface area contributed by atoms with Crippen molar-refractivity contribution in [1.29, 1.82) is 0 Å². The molecule has 1 heterocycles. The molecule has 0 fully saturated rings. The van der Waals surface area contributed by atoms with E-state index in [9.17, 15) is 9.00 Å². The standard InChI is InChI=1S/C14H14O4S/c1-9-3-5-12(6-4-9)19(17)8-11-7-13(14(15)16)18-10(11)2/h3-7H,8H2,1-2H3,(H,15,16). The molecule has 100 valence electrons. The van der Waals surface area contributed by atoms with Crippen LogP contribution in [0.3, 0.4) is 0 Å². The lowest BCUT2D eigenvalue weighted by Gasteiger charge is -2.01. The van der Waals surface area contributed by atoms with Gasteiger partial charge in [-0.2, -0.15) is 0 Å². The topological polar surface area (TPSA) is 67.5 Å². The van der Waals surface area contributed by atoms with E-state index in [1.54, 1.807) is 6.92 Å². The predicted octanol–water partition coefficient (Wildman–Crippen LogP) is 2.90. The molecule has 19 heavy (non-hydrogen) atoms. The van der Waals surface area contributed by atoms with Crippen molar-refractivity contribution in [3.8, 4) is 0 Å². The van der Waals surface area contributed by atoms with Crippen LogP contribution in [0.1, 0.15) is 27.4 Å². The van der Waals surface area contributed by atoms with Gasteiger partial charge in [0, 0.05) is 10.5 Å². The molecular weight excluding hydrogens is 264 g/mol. The molecule has 0 saturated carbocycles. The van der Waals surface area contributed by atoms with Crippen molar-refractivity contribution in [2.45, 2.75) is 24.5 Å². The van der Waals surface area contributed by atoms with Crippen molar-refractivity contribution in [2.75, 3.05) is 0 Å². The van der Waals surface area contributed by atoms with E-state index < -0.39 is 16.8 Å². The number of carbonyl (C=O) groups is 1. The highest BCUT2D eigenvalue weighted by Gasteiger charge is 2.15. The number of hydrogen-bond acceptors (Lipinski definition) is 3. The molecule has 0 saturated heterocycles. The number of carboxylic acid groups (broad SMARTS) is 1. The summed E-state index contributed by atoms with van der Waals surface area (Å²) in [6.45, 7) is 3.64. The summed E-state index contributed by atoms with van der Waals surface area (Å²) in [6.07, 6.45) is 0. The third-order valence-corrected chi connectivity index (χ3v) is 4.17. The predicted molar refractivity (Wildman–Crippen MR) is 71.7 cm³/mol. The lowest BCUT2D eigenvalue weighted by atomic mass is 10.2. The molecule has 0 amide bonds. The van der Waals surface area contributed by atoms with Crippen LogP contribution in [0.25, 0.3) is 0 Å². The fraction of sp³-hybridized carbons (Fsp3) is 0.214. The second kappa shape index (κ2) is 5.40. The van der Waals surface area contributed by atoms with Crippen molar-refractivity contribution in [1.82, 2.24) is 0 Å². The molecule has 1 N–H and O–H groups in total. The molecule has 1 aromatic carbocycles. The average Bonchev–Trinajstić information content (AvgIpc) is 2.72.